The van der Waals surface area contributed by atoms with Crippen LogP contribution in [-0.2, 0) is 6.54 Å². The van der Waals surface area contributed by atoms with Gasteiger partial charge in [0.2, 0.25) is 0 Å². The van der Waals surface area contributed by atoms with Crippen molar-refractivity contribution in [1.29, 1.82) is 5.26 Å². The van der Waals surface area contributed by atoms with Gasteiger partial charge in [-0.2, -0.15) is 5.26 Å². The molecule has 0 heterocycles. The second-order valence-electron chi connectivity index (χ2n) is 4.16. The van der Waals surface area contributed by atoms with E-state index in [4.69, 9.17) is 27.3 Å². The van der Waals surface area contributed by atoms with E-state index in [1.807, 2.05) is 19.1 Å². The molecule has 0 aliphatic rings. The fourth-order valence-corrected chi connectivity index (χ4v) is 1.84. The first kappa shape index (κ1) is 13.4. The van der Waals surface area contributed by atoms with Gasteiger partial charge in [-0.15, -0.1) is 0 Å². The van der Waals surface area contributed by atoms with Crippen molar-refractivity contribution in [2.75, 3.05) is 0 Å². The Hall–Kier alpha value is -2.02. The van der Waals surface area contributed by atoms with Gasteiger partial charge in [-0.25, -0.2) is 0 Å². The molecule has 2 aromatic carbocycles. The van der Waals surface area contributed by atoms with Crippen molar-refractivity contribution in [2.45, 2.75) is 13.5 Å². The number of rotatable bonds is 3. The van der Waals surface area contributed by atoms with Crippen LogP contribution in [0.25, 0.3) is 0 Å². The van der Waals surface area contributed by atoms with Crippen molar-refractivity contribution in [2.24, 2.45) is 5.73 Å². The Morgan fingerprint density at radius 3 is 2.68 bits per heavy atom. The van der Waals surface area contributed by atoms with Gasteiger partial charge in [0.1, 0.15) is 17.6 Å². The maximum atomic E-state index is 9.14. The molecule has 0 bridgehead atoms. The molecule has 0 radical (unpaired) electrons. The lowest BCUT2D eigenvalue weighted by Gasteiger charge is -2.11. The third-order valence-corrected chi connectivity index (χ3v) is 3.01. The number of nitrogens with zero attached hydrogens (tertiary/aromatic N) is 1. The molecule has 2 N–H and O–H groups in total. The van der Waals surface area contributed by atoms with E-state index in [1.54, 1.807) is 24.3 Å². The van der Waals surface area contributed by atoms with E-state index in [0.29, 0.717) is 28.6 Å². The lowest BCUT2D eigenvalue weighted by molar-refractivity contribution is 0.477. The largest absolute Gasteiger partial charge is 0.456 e. The molecule has 0 fully saturated rings. The molecule has 0 saturated carbocycles. The average Bonchev–Trinajstić information content (AvgIpc) is 2.43. The fourth-order valence-electron chi connectivity index (χ4n) is 1.68. The van der Waals surface area contributed by atoms with Gasteiger partial charge in [-0.3, -0.25) is 0 Å². The summed E-state index contributed by atoms with van der Waals surface area (Å²) in [6.07, 6.45) is 0. The van der Waals surface area contributed by atoms with Crippen LogP contribution in [0.2, 0.25) is 5.02 Å². The van der Waals surface area contributed by atoms with E-state index in [1.165, 1.54) is 0 Å². The predicted octanol–water partition coefficient (Wildman–Crippen LogP) is 3.77. The Balaban J connectivity index is 2.38. The topological polar surface area (TPSA) is 59.0 Å². The van der Waals surface area contributed by atoms with Crippen LogP contribution in [0.15, 0.2) is 36.4 Å². The van der Waals surface area contributed by atoms with Crippen LogP contribution in [0.4, 0.5) is 0 Å². The molecule has 96 valence electrons. The smallest absolute Gasteiger partial charge is 0.145 e. The molecule has 0 unspecified atom stereocenters. The normalized spacial score (nSPS) is 10.0. The first-order valence-corrected chi connectivity index (χ1v) is 6.19. The number of aryl methyl sites for hydroxylation is 1. The third kappa shape index (κ3) is 3.05. The van der Waals surface area contributed by atoms with E-state index in [-0.39, 0.29) is 0 Å². The van der Waals surface area contributed by atoms with Crippen molar-refractivity contribution in [3.8, 4) is 17.6 Å². The summed E-state index contributed by atoms with van der Waals surface area (Å²) < 4.78 is 5.76. The minimum atomic E-state index is 0.394. The number of ether oxygens (including phenoxy) is 1. The van der Waals surface area contributed by atoms with Gasteiger partial charge in [0, 0.05) is 11.6 Å². The summed E-state index contributed by atoms with van der Waals surface area (Å²) in [5.74, 6) is 1.15. The Labute approximate surface area is 117 Å². The van der Waals surface area contributed by atoms with Crippen molar-refractivity contribution in [3.05, 3.63) is 58.1 Å². The van der Waals surface area contributed by atoms with E-state index in [9.17, 15) is 0 Å². The number of nitrogens with two attached hydrogens (primary N) is 1. The van der Waals surface area contributed by atoms with E-state index in [0.717, 1.165) is 11.1 Å². The lowest BCUT2D eigenvalue weighted by atomic mass is 10.1. The van der Waals surface area contributed by atoms with Crippen LogP contribution in [0, 0.1) is 18.3 Å². The third-order valence-electron chi connectivity index (χ3n) is 2.77. The van der Waals surface area contributed by atoms with Gasteiger partial charge in [0.15, 0.2) is 0 Å². The summed E-state index contributed by atoms with van der Waals surface area (Å²) in [5.41, 5.74) is 7.86. The van der Waals surface area contributed by atoms with Crippen LogP contribution < -0.4 is 10.5 Å². The molecule has 0 spiro atoms. The summed E-state index contributed by atoms with van der Waals surface area (Å²) in [6, 6.07) is 12.8. The highest BCUT2D eigenvalue weighted by molar-refractivity contribution is 6.30. The standard InChI is InChI=1S/C15H13ClN2O/c1-10-2-4-13(16)7-15(10)19-14-5-3-11(8-17)6-12(14)9-18/h2-7H,8,17H2,1H3. The summed E-state index contributed by atoms with van der Waals surface area (Å²) in [4.78, 5) is 0. The number of hydrogen-bond donors (Lipinski definition) is 1. The quantitative estimate of drug-likeness (QED) is 0.925. The number of benzene rings is 2. The lowest BCUT2D eigenvalue weighted by Crippen LogP contribution is -1.98. The van der Waals surface area contributed by atoms with Crippen LogP contribution in [0.1, 0.15) is 16.7 Å². The van der Waals surface area contributed by atoms with Gasteiger partial charge >= 0.3 is 0 Å². The molecule has 0 amide bonds. The van der Waals surface area contributed by atoms with E-state index in [2.05, 4.69) is 6.07 Å². The fraction of sp³-hybridized carbons (Fsp3) is 0.133. The minimum absolute atomic E-state index is 0.394. The Bertz CT molecular complexity index is 647. The predicted molar refractivity (Wildman–Crippen MR) is 75.3 cm³/mol. The molecule has 0 aromatic heterocycles. The van der Waals surface area contributed by atoms with Crippen LogP contribution in [-0.4, -0.2) is 0 Å². The molecular weight excluding hydrogens is 260 g/mol. The van der Waals surface area contributed by atoms with Gasteiger partial charge in [-0.1, -0.05) is 23.7 Å². The highest BCUT2D eigenvalue weighted by Crippen LogP contribution is 2.30. The second kappa shape index (κ2) is 5.75. The number of nitriles is 1. The molecular formula is C15H13ClN2O. The minimum Gasteiger partial charge on any atom is -0.456 e. The number of halogens is 1. The van der Waals surface area contributed by atoms with Gasteiger partial charge < -0.3 is 10.5 Å². The molecule has 4 heteroatoms. The Morgan fingerprint density at radius 1 is 1.21 bits per heavy atom. The van der Waals surface area contributed by atoms with E-state index >= 15 is 0 Å². The van der Waals surface area contributed by atoms with Crippen molar-refractivity contribution >= 4 is 11.6 Å². The zero-order valence-corrected chi connectivity index (χ0v) is 11.2. The van der Waals surface area contributed by atoms with Crippen molar-refractivity contribution in [1.82, 2.24) is 0 Å². The molecule has 0 saturated heterocycles. The average molecular weight is 273 g/mol. The summed E-state index contributed by atoms with van der Waals surface area (Å²) in [5, 5.41) is 9.74. The zero-order chi connectivity index (χ0) is 13.8. The Kier molecular flexibility index (Phi) is 4.06. The molecule has 2 rings (SSSR count). The molecule has 19 heavy (non-hydrogen) atoms. The van der Waals surface area contributed by atoms with Gasteiger partial charge in [-0.05, 0) is 42.3 Å². The molecule has 0 aliphatic carbocycles. The summed E-state index contributed by atoms with van der Waals surface area (Å²) in [6.45, 7) is 2.32. The molecule has 0 atom stereocenters. The van der Waals surface area contributed by atoms with Gasteiger partial charge in [0.25, 0.3) is 0 Å². The zero-order valence-electron chi connectivity index (χ0n) is 10.5. The van der Waals surface area contributed by atoms with Gasteiger partial charge in [0.05, 0.1) is 5.56 Å². The van der Waals surface area contributed by atoms with Crippen molar-refractivity contribution in [3.63, 3.8) is 0 Å². The van der Waals surface area contributed by atoms with Crippen molar-refractivity contribution < 1.29 is 4.74 Å². The van der Waals surface area contributed by atoms with Crippen LogP contribution in [0.3, 0.4) is 0 Å². The van der Waals surface area contributed by atoms with E-state index < -0.39 is 0 Å². The highest BCUT2D eigenvalue weighted by Gasteiger charge is 2.08. The van der Waals surface area contributed by atoms with Crippen LogP contribution in [0.5, 0.6) is 11.5 Å². The summed E-state index contributed by atoms with van der Waals surface area (Å²) >= 11 is 5.94. The Morgan fingerprint density at radius 2 is 2.00 bits per heavy atom. The second-order valence-corrected chi connectivity index (χ2v) is 4.59. The molecule has 0 aliphatic heterocycles. The van der Waals surface area contributed by atoms with Crippen LogP contribution >= 0.6 is 11.6 Å². The first-order valence-electron chi connectivity index (χ1n) is 5.81. The molecule has 2 aromatic rings. The molecule has 3 nitrogen and oxygen atoms in total. The summed E-state index contributed by atoms with van der Waals surface area (Å²) in [7, 11) is 0. The SMILES string of the molecule is Cc1ccc(Cl)cc1Oc1ccc(CN)cc1C#N. The first-order chi connectivity index (χ1) is 9.13. The monoisotopic (exact) mass is 272 g/mol. The highest BCUT2D eigenvalue weighted by atomic mass is 35.5. The number of hydrogen-bond acceptors (Lipinski definition) is 3. The maximum Gasteiger partial charge on any atom is 0.145 e. The maximum absolute atomic E-state index is 9.14.